The molecule has 12 nitrogen and oxygen atoms in total. The molecule has 1 aromatic carbocycles. The average molecular weight is 820 g/mol. The summed E-state index contributed by atoms with van der Waals surface area (Å²) in [7, 11) is -2.60. The van der Waals surface area contributed by atoms with E-state index in [1.165, 1.54) is 36.4 Å². The van der Waals surface area contributed by atoms with Crippen LogP contribution >= 0.6 is 0 Å². The number of methoxy groups -OCH3 is 1. The van der Waals surface area contributed by atoms with Crippen molar-refractivity contribution in [1.29, 1.82) is 0 Å². The van der Waals surface area contributed by atoms with Crippen LogP contribution in [0.15, 0.2) is 36.5 Å². The van der Waals surface area contributed by atoms with Crippen molar-refractivity contribution in [1.82, 2.24) is 14.6 Å². The Labute approximate surface area is 331 Å². The first kappa shape index (κ1) is 42.4. The monoisotopic (exact) mass is 819 g/mol. The lowest BCUT2D eigenvalue weighted by molar-refractivity contribution is -0.174. The summed E-state index contributed by atoms with van der Waals surface area (Å²) in [5.41, 5.74) is -3.09. The van der Waals surface area contributed by atoms with Gasteiger partial charge in [-0.2, -0.15) is 0 Å². The lowest BCUT2D eigenvalue weighted by atomic mass is 9.79. The fraction of sp³-hybridized carbons (Fsp3) is 0.634. The van der Waals surface area contributed by atoms with Crippen molar-refractivity contribution in [2.24, 2.45) is 29.1 Å². The van der Waals surface area contributed by atoms with E-state index in [0.29, 0.717) is 49.4 Å². The standard InChI is InChI=1S/C41H52F3N3O9S/c1-6-24-15-23(2)9-7-8-10-25-20-41(25,39(51)46-57(52,53)27-11-12-27)21-33(48)32-16-26(55-34-13-14-45-31-19-35(54-5)30(42)17-29(31)34)22-47(32)37(50)28(24)18-36(49)56-40(3,4)38(43)44/h8,10,13-14,17,19,23-28,32,38H,6-7,9,11-12,15-16,18,20-22H2,1-5H3,(H,46,51)/b10-8-/t23-,24-,25-,26-,28+,32+,41-/m1/s1. The zero-order chi connectivity index (χ0) is 41.4. The Morgan fingerprint density at radius 1 is 1.12 bits per heavy atom. The minimum Gasteiger partial charge on any atom is -0.494 e. The van der Waals surface area contributed by atoms with Crippen LogP contribution in [0.4, 0.5) is 13.2 Å². The molecule has 0 spiro atoms. The highest BCUT2D eigenvalue weighted by atomic mass is 32.2. The molecule has 1 N–H and O–H groups in total. The topological polar surface area (TPSA) is 158 Å². The molecule has 57 heavy (non-hydrogen) atoms. The van der Waals surface area contributed by atoms with Gasteiger partial charge >= 0.3 is 5.97 Å². The van der Waals surface area contributed by atoms with Crippen LogP contribution in [0.1, 0.15) is 91.9 Å². The number of sulfonamides is 1. The van der Waals surface area contributed by atoms with Crippen molar-refractivity contribution in [3.8, 4) is 11.5 Å². The molecule has 0 bridgehead atoms. The molecule has 0 unspecified atom stereocenters. The van der Waals surface area contributed by atoms with E-state index < -0.39 is 92.5 Å². The molecule has 1 saturated heterocycles. The fourth-order valence-corrected chi connectivity index (χ4v) is 9.75. The molecule has 6 rings (SSSR count). The second-order valence-corrected chi connectivity index (χ2v) is 18.7. The van der Waals surface area contributed by atoms with Gasteiger partial charge in [-0.3, -0.25) is 28.9 Å². The maximum absolute atomic E-state index is 14.9. The van der Waals surface area contributed by atoms with Crippen molar-refractivity contribution in [2.75, 3.05) is 13.7 Å². The van der Waals surface area contributed by atoms with E-state index in [4.69, 9.17) is 14.2 Å². The largest absolute Gasteiger partial charge is 0.494 e. The van der Waals surface area contributed by atoms with Crippen LogP contribution in [0.5, 0.6) is 11.5 Å². The molecule has 2 aromatic rings. The molecular formula is C41H52F3N3O9S. The molecule has 2 aliphatic carbocycles. The van der Waals surface area contributed by atoms with Gasteiger partial charge in [-0.15, -0.1) is 0 Å². The van der Waals surface area contributed by atoms with Crippen LogP contribution in [-0.4, -0.2) is 84.9 Å². The van der Waals surface area contributed by atoms with Gasteiger partial charge in [-0.05, 0) is 82.3 Å². The Bertz CT molecular complexity index is 2020. The predicted molar refractivity (Wildman–Crippen MR) is 203 cm³/mol. The number of carbonyl (C=O) groups is 4. The number of halogens is 3. The molecule has 3 heterocycles. The smallest absolute Gasteiger partial charge is 0.307 e. The molecule has 7 atom stereocenters. The third-order valence-electron chi connectivity index (χ3n) is 12.1. The summed E-state index contributed by atoms with van der Waals surface area (Å²) in [6, 6.07) is 3.02. The molecular weight excluding hydrogens is 768 g/mol. The highest BCUT2D eigenvalue weighted by Crippen LogP contribution is 2.57. The van der Waals surface area contributed by atoms with Gasteiger partial charge in [0, 0.05) is 30.5 Å². The van der Waals surface area contributed by atoms with Crippen LogP contribution in [0, 0.1) is 34.9 Å². The number of carbonyl (C=O) groups excluding carboxylic acids is 4. The van der Waals surface area contributed by atoms with Gasteiger partial charge in [0.1, 0.15) is 11.9 Å². The average Bonchev–Trinajstić information content (AvgIpc) is 4.07. The summed E-state index contributed by atoms with van der Waals surface area (Å²) in [6.45, 7) is 5.96. The van der Waals surface area contributed by atoms with Crippen molar-refractivity contribution < 1.29 is 55.0 Å². The number of fused-ring (bicyclic) bond motifs is 3. The summed E-state index contributed by atoms with van der Waals surface area (Å²) in [5.74, 6) is -5.01. The van der Waals surface area contributed by atoms with Crippen LogP contribution in [0.25, 0.3) is 10.9 Å². The molecule has 0 radical (unpaired) electrons. The fourth-order valence-electron chi connectivity index (χ4n) is 8.36. The van der Waals surface area contributed by atoms with E-state index in [1.54, 1.807) is 0 Å². The minimum absolute atomic E-state index is 0.0208. The number of Topliss-reactive ketones (excluding diaryl/α,β-unsaturated/α-hetero) is 1. The predicted octanol–water partition coefficient (Wildman–Crippen LogP) is 6.30. The number of nitrogens with zero attached hydrogens (tertiary/aromatic N) is 2. The number of amides is 2. The van der Waals surface area contributed by atoms with E-state index >= 15 is 0 Å². The molecule has 3 fully saturated rings. The Kier molecular flexibility index (Phi) is 12.3. The number of hydrogen-bond donors (Lipinski definition) is 1. The highest BCUT2D eigenvalue weighted by molar-refractivity contribution is 7.90. The van der Waals surface area contributed by atoms with Gasteiger partial charge in [0.2, 0.25) is 21.8 Å². The number of rotatable bonds is 11. The summed E-state index contributed by atoms with van der Waals surface area (Å²) in [4.78, 5) is 62.4. The summed E-state index contributed by atoms with van der Waals surface area (Å²) >= 11 is 0. The van der Waals surface area contributed by atoms with Crippen molar-refractivity contribution in [3.05, 3.63) is 42.4 Å². The quantitative estimate of drug-likeness (QED) is 0.202. The number of aromatic nitrogens is 1. The van der Waals surface area contributed by atoms with Crippen LogP contribution in [-0.2, 0) is 33.9 Å². The lowest BCUT2D eigenvalue weighted by Gasteiger charge is -2.34. The van der Waals surface area contributed by atoms with Crippen molar-refractivity contribution in [2.45, 2.75) is 121 Å². The van der Waals surface area contributed by atoms with Crippen molar-refractivity contribution >= 4 is 44.5 Å². The summed E-state index contributed by atoms with van der Waals surface area (Å²) in [5, 5.41) is -0.341. The van der Waals surface area contributed by atoms with Gasteiger partial charge in [-0.25, -0.2) is 21.6 Å². The van der Waals surface area contributed by atoms with Gasteiger partial charge in [0.15, 0.2) is 23.0 Å². The van der Waals surface area contributed by atoms with Gasteiger partial charge in [-0.1, -0.05) is 32.4 Å². The Morgan fingerprint density at radius 3 is 2.53 bits per heavy atom. The van der Waals surface area contributed by atoms with Gasteiger partial charge in [0.25, 0.3) is 6.43 Å². The molecule has 312 valence electrons. The van der Waals surface area contributed by atoms with Gasteiger partial charge in [0.05, 0.1) is 48.2 Å². The van der Waals surface area contributed by atoms with Crippen LogP contribution in [0.3, 0.4) is 0 Å². The molecule has 16 heteroatoms. The first-order valence-electron chi connectivity index (χ1n) is 19.7. The number of allylic oxidation sites excluding steroid dienone is 2. The zero-order valence-corrected chi connectivity index (χ0v) is 33.8. The third-order valence-corrected chi connectivity index (χ3v) is 13.9. The van der Waals surface area contributed by atoms with E-state index in [-0.39, 0.29) is 49.1 Å². The van der Waals surface area contributed by atoms with E-state index in [1.807, 2.05) is 26.0 Å². The number of alkyl halides is 2. The van der Waals surface area contributed by atoms with Crippen molar-refractivity contribution in [3.63, 3.8) is 0 Å². The Balaban J connectivity index is 1.37. The summed E-state index contributed by atoms with van der Waals surface area (Å²) < 4.78 is 87.2. The molecule has 4 aliphatic rings. The number of esters is 1. The number of hydrogen-bond acceptors (Lipinski definition) is 10. The first-order valence-corrected chi connectivity index (χ1v) is 21.3. The second-order valence-electron chi connectivity index (χ2n) is 16.8. The highest BCUT2D eigenvalue weighted by Gasteiger charge is 2.61. The number of ketones is 1. The molecule has 1 aromatic heterocycles. The first-order chi connectivity index (χ1) is 26.9. The number of nitrogens with one attached hydrogen (secondary N) is 1. The molecule has 2 saturated carbocycles. The van der Waals surface area contributed by atoms with Gasteiger partial charge < -0.3 is 19.1 Å². The molecule has 2 aliphatic heterocycles. The minimum atomic E-state index is -3.93. The second kappa shape index (κ2) is 16.6. The number of benzene rings is 1. The SMILES string of the molecule is CC[C@@H]1C[C@H](C)CC/C=C\[C@@H]2C[C@@]2(C(=O)NS(=O)(=O)C2CC2)CC(=O)[C@@H]2C[C@@H](Oc3ccnc4cc(OC)c(F)cc34)CN2C(=O)[C@H]1CC(=O)OC(C)(C)C(F)F. The van der Waals surface area contributed by atoms with Crippen LogP contribution in [0.2, 0.25) is 0 Å². The normalized spacial score (nSPS) is 29.2. The maximum Gasteiger partial charge on any atom is 0.307 e. The maximum atomic E-state index is 14.9. The van der Waals surface area contributed by atoms with Crippen LogP contribution < -0.4 is 14.2 Å². The zero-order valence-electron chi connectivity index (χ0n) is 33.0. The lowest BCUT2D eigenvalue weighted by Crippen LogP contribution is -2.48. The Morgan fingerprint density at radius 2 is 1.86 bits per heavy atom. The number of pyridine rings is 1. The molecule has 2 amide bonds. The van der Waals surface area contributed by atoms with E-state index in [9.17, 15) is 40.8 Å². The van der Waals surface area contributed by atoms with E-state index in [0.717, 1.165) is 13.8 Å². The summed E-state index contributed by atoms with van der Waals surface area (Å²) in [6.07, 6.45) is 4.00. The Hall–Kier alpha value is -4.21. The number of ether oxygens (including phenoxy) is 3. The van der Waals surface area contributed by atoms with E-state index in [2.05, 4.69) is 9.71 Å². The third kappa shape index (κ3) is 9.25.